The molecule has 0 aliphatic carbocycles. The molecule has 0 atom stereocenters. The van der Waals surface area contributed by atoms with Gasteiger partial charge in [0.2, 0.25) is 11.4 Å². The van der Waals surface area contributed by atoms with Crippen molar-refractivity contribution in [2.45, 2.75) is 89.1 Å². The fraction of sp³-hybridized carbons (Fsp3) is 0.192. The molecule has 6 aromatic heterocycles. The number of aromatic amines is 6. The van der Waals surface area contributed by atoms with E-state index in [2.05, 4.69) is 63.5 Å². The Morgan fingerprint density at radius 1 is 0.516 bits per heavy atom. The Morgan fingerprint density at radius 3 is 1.14 bits per heavy atom. The van der Waals surface area contributed by atoms with E-state index in [4.69, 9.17) is 85.1 Å². The Morgan fingerprint density at radius 2 is 0.835 bits per heavy atom. The van der Waals surface area contributed by atoms with Crippen molar-refractivity contribution in [2.75, 3.05) is 5.75 Å². The Kier molecular flexibility index (Phi) is 24.9. The number of aromatic nitrogens is 15. The van der Waals surface area contributed by atoms with Crippen LogP contribution < -0.4 is 50.4 Å². The van der Waals surface area contributed by atoms with E-state index in [0.29, 0.717) is 56.8 Å². The van der Waals surface area contributed by atoms with E-state index in [1.54, 1.807) is 24.3 Å². The lowest BCUT2D eigenvalue weighted by Gasteiger charge is -2.11. The number of nitrogens with zero attached hydrogens (tertiary/aromatic N) is 10. The number of carbonyl (C=O) groups is 2. The molecule has 0 aliphatic heterocycles. The third-order valence-corrected chi connectivity index (χ3v) is 17.3. The number of rotatable bonds is 14. The molecule has 29 nitrogen and oxygen atoms in total. The van der Waals surface area contributed by atoms with E-state index in [0.717, 1.165) is 39.1 Å². The van der Waals surface area contributed by atoms with E-state index in [-0.39, 0.29) is 81.7 Å². The molecule has 3 aromatic carbocycles. The van der Waals surface area contributed by atoms with Crippen LogP contribution in [0.15, 0.2) is 134 Å². The second-order valence-corrected chi connectivity index (χ2v) is 24.7. The van der Waals surface area contributed by atoms with Gasteiger partial charge in [0, 0.05) is 16.7 Å². The minimum Gasteiger partial charge on any atom is -0.481 e. The maximum Gasteiger partial charge on any atom is 0.362 e. The van der Waals surface area contributed by atoms with Gasteiger partial charge in [-0.2, -0.15) is 57.4 Å². The van der Waals surface area contributed by atoms with Crippen molar-refractivity contribution in [3.8, 4) is 23.1 Å². The molecule has 0 unspecified atom stereocenters. The highest BCUT2D eigenvalue weighted by Crippen LogP contribution is 2.42. The fourth-order valence-electron chi connectivity index (χ4n) is 7.16. The SMILES string of the molecule is CC(C)c1cc(Sc2c(Cl)cc(-n3nc(C#N)c(=O)[nH]c3=O)cc2Cl)n[nH]c1=O.CC(C)c1cc(Sc2c(Cl)cc(-n3nc(C(=O)O)c(=O)[nH]c3=O)cc2Cl)n[nH]c1=O.CC(C)c1cc(Sc2c(Cl)cc(-n3ncc(=O)[nH]c3=O)cc2Cl)n[nH]c1=O.O=C(O)CS. The molecule has 8 N–H and O–H groups in total. The molecular formula is C52H42Cl6N16O13S4. The van der Waals surface area contributed by atoms with Crippen molar-refractivity contribution < 1.29 is 19.8 Å². The first-order valence-electron chi connectivity index (χ1n) is 25.2. The molecule has 0 amide bonds. The Labute approximate surface area is 555 Å². The van der Waals surface area contributed by atoms with Crippen molar-refractivity contribution in [3.05, 3.63) is 213 Å². The number of hydrogen-bond acceptors (Lipinski definition) is 22. The number of aliphatic carboxylic acids is 1. The number of halogens is 6. The molecule has 0 saturated carbocycles. The van der Waals surface area contributed by atoms with Crippen LogP contribution in [0.1, 0.15) is 92.2 Å². The molecule has 0 fully saturated rings. The van der Waals surface area contributed by atoms with Crippen LogP contribution in [-0.4, -0.2) is 103 Å². The van der Waals surface area contributed by atoms with E-state index in [1.807, 2.05) is 51.5 Å². The first-order chi connectivity index (χ1) is 42.8. The highest BCUT2D eigenvalue weighted by molar-refractivity contribution is 8.00. The Hall–Kier alpha value is -8.30. The van der Waals surface area contributed by atoms with Crippen LogP contribution >= 0.6 is 118 Å². The van der Waals surface area contributed by atoms with Gasteiger partial charge in [-0.25, -0.2) is 34.5 Å². The summed E-state index contributed by atoms with van der Waals surface area (Å²) in [5, 5.41) is 58.6. The van der Waals surface area contributed by atoms with Crippen LogP contribution in [-0.2, 0) is 4.79 Å². The minimum atomic E-state index is -1.60. The third-order valence-electron chi connectivity index (χ3n) is 11.4. The zero-order chi connectivity index (χ0) is 67.5. The van der Waals surface area contributed by atoms with Crippen LogP contribution in [0, 0.1) is 11.3 Å². The predicted octanol–water partition coefficient (Wildman–Crippen LogP) is 7.33. The summed E-state index contributed by atoms with van der Waals surface area (Å²) in [7, 11) is 0. The summed E-state index contributed by atoms with van der Waals surface area (Å²) in [5.74, 6) is -2.55. The van der Waals surface area contributed by atoms with Crippen LogP contribution in [0.3, 0.4) is 0 Å². The summed E-state index contributed by atoms with van der Waals surface area (Å²) < 4.78 is 2.47. The molecule has 0 saturated heterocycles. The number of thiol groups is 1. The largest absolute Gasteiger partial charge is 0.481 e. The smallest absolute Gasteiger partial charge is 0.362 e. The third kappa shape index (κ3) is 18.5. The number of aromatic carboxylic acids is 1. The highest BCUT2D eigenvalue weighted by atomic mass is 35.5. The van der Waals surface area contributed by atoms with Gasteiger partial charge in [-0.05, 0) is 72.4 Å². The second kappa shape index (κ2) is 31.6. The van der Waals surface area contributed by atoms with Gasteiger partial charge in [-0.1, -0.05) is 146 Å². The van der Waals surface area contributed by atoms with Crippen molar-refractivity contribution in [2.24, 2.45) is 0 Å². The molecule has 39 heteroatoms. The number of carboxylic acid groups (broad SMARTS) is 2. The Bertz CT molecular complexity index is 4860. The van der Waals surface area contributed by atoms with E-state index in [1.165, 1.54) is 48.2 Å². The summed E-state index contributed by atoms with van der Waals surface area (Å²) in [4.78, 5) is 133. The summed E-state index contributed by atoms with van der Waals surface area (Å²) in [6, 6.07) is 15.1. The maximum absolute atomic E-state index is 12.1. The molecule has 91 heavy (non-hydrogen) atoms. The molecular weight excluding hydrogens is 1400 g/mol. The predicted molar refractivity (Wildman–Crippen MR) is 344 cm³/mol. The number of benzene rings is 3. The van der Waals surface area contributed by atoms with Gasteiger partial charge in [0.15, 0.2) is 0 Å². The number of carboxylic acids is 2. The van der Waals surface area contributed by atoms with Gasteiger partial charge in [0.25, 0.3) is 33.4 Å². The van der Waals surface area contributed by atoms with Gasteiger partial charge < -0.3 is 10.2 Å². The molecule has 474 valence electrons. The van der Waals surface area contributed by atoms with E-state index in [9.17, 15) is 52.7 Å². The average molecular weight is 1440 g/mol. The zero-order valence-corrected chi connectivity index (χ0v) is 54.9. The van der Waals surface area contributed by atoms with Crippen molar-refractivity contribution >= 4 is 129 Å². The summed E-state index contributed by atoms with van der Waals surface area (Å²) in [5.41, 5.74) is -5.05. The van der Waals surface area contributed by atoms with Gasteiger partial charge in [-0.3, -0.25) is 48.5 Å². The molecule has 0 spiro atoms. The van der Waals surface area contributed by atoms with E-state index >= 15 is 0 Å². The van der Waals surface area contributed by atoms with Crippen molar-refractivity contribution in [3.63, 3.8) is 0 Å². The first-order valence-corrected chi connectivity index (χ1v) is 30.6. The highest BCUT2D eigenvalue weighted by Gasteiger charge is 2.21. The molecule has 9 rings (SSSR count). The van der Waals surface area contributed by atoms with Crippen LogP contribution in [0.2, 0.25) is 30.1 Å². The standard InChI is InChI=1S/C17H12Cl2N6O3S.C17H13Cl2N5O5S.C16H13Cl2N5O3S.C2H4O2S/c1-7(2)9-5-13(22-23-15(9)26)29-14-10(18)3-8(4-11(14)19)25-17(28)21-16(27)12(6-20)24-25;1-6(2)8-5-11(21-22-14(8)25)30-13-9(18)3-7(4-10(13)19)24-17(29)20-15(26)12(23-24)16(27)28;1-7(2)9-5-13(21-22-15(9)25)27-14-10(17)3-8(4-11(14)18)23-16(26)20-12(24)6-19-23;3-2(4)1-5/h3-5,7H,1-2H3,(H,23,26)(H,21,27,28);3-6H,1-2H3,(H,22,25)(H,27,28)(H,20,26,29);3-7H,1-2H3,(H,22,25)(H,20,24,26);5H,1H2,(H,3,4). The monoisotopic (exact) mass is 1440 g/mol. The van der Waals surface area contributed by atoms with Gasteiger partial charge in [0.05, 0.1) is 67.6 Å². The summed E-state index contributed by atoms with van der Waals surface area (Å²) in [6.07, 6.45) is 0.976. The maximum atomic E-state index is 12.1. The summed E-state index contributed by atoms with van der Waals surface area (Å²) in [6.45, 7) is 11.3. The zero-order valence-electron chi connectivity index (χ0n) is 47.0. The van der Waals surface area contributed by atoms with Crippen LogP contribution in [0.5, 0.6) is 0 Å². The lowest BCUT2D eigenvalue weighted by molar-refractivity contribution is -0.133. The quantitative estimate of drug-likeness (QED) is 0.0481. The molecule has 6 heterocycles. The average Bonchev–Trinajstić information content (AvgIpc) is 1.00. The molecule has 9 aromatic rings. The lowest BCUT2D eigenvalue weighted by atomic mass is 10.1. The van der Waals surface area contributed by atoms with Crippen LogP contribution in [0.25, 0.3) is 17.1 Å². The van der Waals surface area contributed by atoms with Gasteiger partial charge in [-0.15, -0.1) is 5.10 Å². The fourth-order valence-corrected chi connectivity index (χ4v) is 11.7. The molecule has 0 aliphatic rings. The Balaban J connectivity index is 0.000000209. The van der Waals surface area contributed by atoms with Crippen molar-refractivity contribution in [1.82, 2.24) is 74.9 Å². The van der Waals surface area contributed by atoms with Gasteiger partial charge >= 0.3 is 29.0 Å². The van der Waals surface area contributed by atoms with Gasteiger partial charge in [0.1, 0.15) is 27.3 Å². The van der Waals surface area contributed by atoms with Crippen molar-refractivity contribution in [1.29, 1.82) is 5.26 Å². The van der Waals surface area contributed by atoms with E-state index < -0.39 is 57.1 Å². The second-order valence-electron chi connectivity index (χ2n) is 18.8. The molecule has 0 radical (unpaired) electrons. The summed E-state index contributed by atoms with van der Waals surface area (Å²) >= 11 is 44.8. The first kappa shape index (κ1) is 71.8. The number of H-pyrrole nitrogens is 6. The normalized spacial score (nSPS) is 10.8. The molecule has 0 bridgehead atoms. The number of nitriles is 1. The number of hydrogen-bond donors (Lipinski definition) is 9. The topological polar surface area (TPSA) is 439 Å². The number of nitrogens with one attached hydrogen (secondary N) is 6. The lowest BCUT2D eigenvalue weighted by Crippen LogP contribution is -2.35. The van der Waals surface area contributed by atoms with Crippen LogP contribution in [0.4, 0.5) is 0 Å². The minimum absolute atomic E-state index is 0.00179.